The van der Waals surface area contributed by atoms with Gasteiger partial charge in [0.25, 0.3) is 0 Å². The largest absolute Gasteiger partial charge is 0.505 e. The molecule has 0 spiro atoms. The lowest BCUT2D eigenvalue weighted by Crippen LogP contribution is -2.21. The summed E-state index contributed by atoms with van der Waals surface area (Å²) in [5.41, 5.74) is 0. The van der Waals surface area contributed by atoms with Crippen molar-refractivity contribution >= 4 is 5.97 Å². The molecule has 0 amide bonds. The summed E-state index contributed by atoms with van der Waals surface area (Å²) in [6.07, 6.45) is 1.66. The molecule has 0 saturated carbocycles. The average Bonchev–Trinajstić information content (AvgIpc) is 2.98. The van der Waals surface area contributed by atoms with Gasteiger partial charge in [-0.15, -0.1) is 0 Å². The predicted octanol–water partition coefficient (Wildman–Crippen LogP) is 3.29. The van der Waals surface area contributed by atoms with E-state index in [-0.39, 0.29) is 29.7 Å². The molecule has 22 heavy (non-hydrogen) atoms. The highest BCUT2D eigenvalue weighted by Gasteiger charge is 2.28. The highest BCUT2D eigenvalue weighted by molar-refractivity contribution is 5.74. The molecule has 1 saturated heterocycles. The van der Waals surface area contributed by atoms with Crippen molar-refractivity contribution in [1.29, 1.82) is 0 Å². The summed E-state index contributed by atoms with van der Waals surface area (Å²) in [4.78, 5) is 10.8. The first-order chi connectivity index (χ1) is 10.5. The van der Waals surface area contributed by atoms with Crippen molar-refractivity contribution in [3.8, 4) is 11.5 Å². The fourth-order valence-electron chi connectivity index (χ4n) is 1.76. The number of halogens is 1. The maximum atomic E-state index is 12.6. The Bertz CT molecular complexity index is 450. The van der Waals surface area contributed by atoms with Gasteiger partial charge in [0.15, 0.2) is 17.6 Å². The number of esters is 1. The van der Waals surface area contributed by atoms with Crippen molar-refractivity contribution < 1.29 is 28.5 Å². The van der Waals surface area contributed by atoms with E-state index in [0.717, 1.165) is 12.8 Å². The third-order valence-electron chi connectivity index (χ3n) is 2.86. The fraction of sp³-hybridized carbons (Fsp3) is 0.562. The summed E-state index contributed by atoms with van der Waals surface area (Å²) in [7, 11) is 2.73. The van der Waals surface area contributed by atoms with Crippen LogP contribution in [0.25, 0.3) is 0 Å². The molecule has 1 aromatic rings. The minimum atomic E-state index is -0.718. The SMILES string of the molecule is CC.COC(=O)C1CCC(C)O1.COc1cccc(O)c1F. The summed E-state index contributed by atoms with van der Waals surface area (Å²) in [5.74, 6) is -1.30. The monoisotopic (exact) mass is 316 g/mol. The van der Waals surface area contributed by atoms with Gasteiger partial charge in [-0.3, -0.25) is 0 Å². The zero-order valence-corrected chi connectivity index (χ0v) is 13.8. The van der Waals surface area contributed by atoms with Crippen LogP contribution in [-0.2, 0) is 14.3 Å². The van der Waals surface area contributed by atoms with Gasteiger partial charge in [-0.2, -0.15) is 4.39 Å². The number of benzene rings is 1. The first-order valence-electron chi connectivity index (χ1n) is 7.24. The highest BCUT2D eigenvalue weighted by Crippen LogP contribution is 2.24. The van der Waals surface area contributed by atoms with Crippen LogP contribution < -0.4 is 4.74 Å². The molecule has 126 valence electrons. The average molecular weight is 316 g/mol. The van der Waals surface area contributed by atoms with E-state index in [2.05, 4.69) is 9.47 Å². The molecular weight excluding hydrogens is 291 g/mol. The maximum Gasteiger partial charge on any atom is 0.334 e. The summed E-state index contributed by atoms with van der Waals surface area (Å²) >= 11 is 0. The van der Waals surface area contributed by atoms with Crippen LogP contribution in [0.3, 0.4) is 0 Å². The number of phenolic OH excluding ortho intramolecular Hbond substituents is 1. The van der Waals surface area contributed by atoms with Crippen LogP contribution in [0.4, 0.5) is 4.39 Å². The Morgan fingerprint density at radius 2 is 1.95 bits per heavy atom. The van der Waals surface area contributed by atoms with Crippen LogP contribution >= 0.6 is 0 Å². The number of carbonyl (C=O) groups is 1. The normalized spacial score (nSPS) is 19.2. The molecule has 2 rings (SSSR count). The Morgan fingerprint density at radius 1 is 1.32 bits per heavy atom. The minimum Gasteiger partial charge on any atom is -0.505 e. The molecule has 1 aromatic carbocycles. The van der Waals surface area contributed by atoms with E-state index in [1.807, 2.05) is 20.8 Å². The molecule has 6 heteroatoms. The summed E-state index contributed by atoms with van der Waals surface area (Å²) in [5, 5.41) is 8.78. The number of rotatable bonds is 2. The topological polar surface area (TPSA) is 65.0 Å². The number of hydrogen-bond donors (Lipinski definition) is 1. The zero-order valence-electron chi connectivity index (χ0n) is 13.8. The summed E-state index contributed by atoms with van der Waals surface area (Å²) in [6, 6.07) is 4.21. The van der Waals surface area contributed by atoms with Gasteiger partial charge in [-0.25, -0.2) is 4.79 Å². The van der Waals surface area contributed by atoms with Crippen molar-refractivity contribution in [3.05, 3.63) is 24.0 Å². The van der Waals surface area contributed by atoms with Crippen molar-refractivity contribution in [2.45, 2.75) is 45.8 Å². The number of aromatic hydroxyl groups is 1. The Hall–Kier alpha value is -1.82. The summed E-state index contributed by atoms with van der Waals surface area (Å²) in [6.45, 7) is 5.96. The number of carbonyl (C=O) groups excluding carboxylic acids is 1. The Morgan fingerprint density at radius 3 is 2.36 bits per heavy atom. The zero-order chi connectivity index (χ0) is 17.1. The quantitative estimate of drug-likeness (QED) is 0.848. The molecule has 1 heterocycles. The molecule has 5 nitrogen and oxygen atoms in total. The van der Waals surface area contributed by atoms with Crippen molar-refractivity contribution in [2.75, 3.05) is 14.2 Å². The molecule has 1 aliphatic heterocycles. The lowest BCUT2D eigenvalue weighted by atomic mass is 10.2. The molecule has 1 N–H and O–H groups in total. The molecule has 0 bridgehead atoms. The van der Waals surface area contributed by atoms with Crippen LogP contribution in [0.1, 0.15) is 33.6 Å². The van der Waals surface area contributed by atoms with Crippen LogP contribution in [0.2, 0.25) is 0 Å². The van der Waals surface area contributed by atoms with Gasteiger partial charge in [0.2, 0.25) is 5.82 Å². The van der Waals surface area contributed by atoms with Crippen LogP contribution in [0.5, 0.6) is 11.5 Å². The second-order valence-electron chi connectivity index (χ2n) is 4.33. The van der Waals surface area contributed by atoms with Crippen LogP contribution in [0.15, 0.2) is 18.2 Å². The standard InChI is InChI=1S/C7H7FO2.C7H12O3.C2H6/c1-10-6-4-2-3-5(9)7(6)8;1-5-3-4-6(10-5)7(8)9-2;1-2/h2-4,9H,1H3;5-6H,3-4H2,1-2H3;1-2H3. The second kappa shape index (κ2) is 10.8. The van der Waals surface area contributed by atoms with E-state index < -0.39 is 5.82 Å². The van der Waals surface area contributed by atoms with Gasteiger partial charge >= 0.3 is 5.97 Å². The summed E-state index contributed by atoms with van der Waals surface area (Å²) < 4.78 is 27.0. The number of methoxy groups -OCH3 is 2. The number of ether oxygens (including phenoxy) is 3. The van der Waals surface area contributed by atoms with E-state index in [1.165, 1.54) is 32.4 Å². The maximum absolute atomic E-state index is 12.6. The van der Waals surface area contributed by atoms with Crippen molar-refractivity contribution in [3.63, 3.8) is 0 Å². The lowest BCUT2D eigenvalue weighted by molar-refractivity contribution is -0.152. The first-order valence-corrected chi connectivity index (χ1v) is 7.24. The fourth-order valence-corrected chi connectivity index (χ4v) is 1.76. The van der Waals surface area contributed by atoms with Crippen molar-refractivity contribution in [1.82, 2.24) is 0 Å². The van der Waals surface area contributed by atoms with Crippen molar-refractivity contribution in [2.24, 2.45) is 0 Å². The molecule has 0 aliphatic carbocycles. The smallest absolute Gasteiger partial charge is 0.334 e. The molecule has 1 fully saturated rings. The van der Waals surface area contributed by atoms with Crippen LogP contribution in [-0.4, -0.2) is 37.5 Å². The molecular formula is C16H25FO5. The highest BCUT2D eigenvalue weighted by atomic mass is 19.1. The van der Waals surface area contributed by atoms with Gasteiger partial charge in [-0.1, -0.05) is 19.9 Å². The molecule has 1 aliphatic rings. The second-order valence-corrected chi connectivity index (χ2v) is 4.33. The van der Waals surface area contributed by atoms with Gasteiger partial charge in [0, 0.05) is 0 Å². The Kier molecular flexibility index (Phi) is 9.95. The molecule has 0 aromatic heterocycles. The van der Waals surface area contributed by atoms with Crippen LogP contribution in [0, 0.1) is 5.82 Å². The van der Waals surface area contributed by atoms with E-state index in [4.69, 9.17) is 9.84 Å². The molecule has 2 unspecified atom stereocenters. The van der Waals surface area contributed by atoms with E-state index in [0.29, 0.717) is 0 Å². The third-order valence-corrected chi connectivity index (χ3v) is 2.86. The van der Waals surface area contributed by atoms with Gasteiger partial charge in [0.05, 0.1) is 20.3 Å². The Balaban J connectivity index is 0.000000360. The number of phenols is 1. The predicted molar refractivity (Wildman–Crippen MR) is 81.5 cm³/mol. The molecule has 2 atom stereocenters. The van der Waals surface area contributed by atoms with E-state index >= 15 is 0 Å². The number of hydrogen-bond acceptors (Lipinski definition) is 5. The molecule has 0 radical (unpaired) electrons. The minimum absolute atomic E-state index is 0.0556. The van der Waals surface area contributed by atoms with E-state index in [1.54, 1.807) is 0 Å². The third kappa shape index (κ3) is 6.30. The van der Waals surface area contributed by atoms with Gasteiger partial charge in [-0.05, 0) is 31.9 Å². The lowest BCUT2D eigenvalue weighted by Gasteiger charge is -2.06. The first kappa shape index (κ1) is 20.2. The van der Waals surface area contributed by atoms with Gasteiger partial charge in [0.1, 0.15) is 0 Å². The Labute approximate surface area is 131 Å². The van der Waals surface area contributed by atoms with Gasteiger partial charge < -0.3 is 19.3 Å². The van der Waals surface area contributed by atoms with E-state index in [9.17, 15) is 9.18 Å².